The number of carboxylic acids is 1. The molecule has 1 heterocycles. The number of carbonyl (C=O) groups is 1. The Labute approximate surface area is 139 Å². The zero-order valence-electron chi connectivity index (χ0n) is 12.6. The fourth-order valence-electron chi connectivity index (χ4n) is 2.07. The normalized spacial score (nSPS) is 12.3. The lowest BCUT2D eigenvalue weighted by molar-refractivity contribution is -0.139. The van der Waals surface area contributed by atoms with Gasteiger partial charge >= 0.3 is 5.97 Å². The van der Waals surface area contributed by atoms with Gasteiger partial charge in [-0.3, -0.25) is 9.78 Å². The van der Waals surface area contributed by atoms with Crippen molar-refractivity contribution in [3.8, 4) is 6.07 Å². The van der Waals surface area contributed by atoms with Gasteiger partial charge in [-0.05, 0) is 24.5 Å². The average molecular weight is 345 g/mol. The van der Waals surface area contributed by atoms with Gasteiger partial charge in [0.05, 0.1) is 5.56 Å². The summed E-state index contributed by atoms with van der Waals surface area (Å²) in [6, 6.07) is 10.8. The van der Waals surface area contributed by atoms with Gasteiger partial charge in [0.15, 0.2) is 0 Å². The van der Waals surface area contributed by atoms with Gasteiger partial charge < -0.3 is 5.11 Å². The highest BCUT2D eigenvalue weighted by Crippen LogP contribution is 2.12. The van der Waals surface area contributed by atoms with Crippen LogP contribution in [0.15, 0.2) is 53.7 Å². The number of benzene rings is 1. The van der Waals surface area contributed by atoms with Crippen LogP contribution in [0.2, 0.25) is 0 Å². The topological polar surface area (TPSA) is 120 Å². The van der Waals surface area contributed by atoms with Crippen molar-refractivity contribution in [1.29, 1.82) is 5.26 Å². The Morgan fingerprint density at radius 1 is 1.29 bits per heavy atom. The molecule has 0 aliphatic rings. The summed E-state index contributed by atoms with van der Waals surface area (Å²) < 4.78 is 26.8. The zero-order chi connectivity index (χ0) is 17.6. The Balaban J connectivity index is 2.14. The molecular formula is C16H15N3O4S. The van der Waals surface area contributed by atoms with Crippen molar-refractivity contribution in [2.24, 2.45) is 0 Å². The molecule has 0 bridgehead atoms. The highest BCUT2D eigenvalue weighted by molar-refractivity contribution is 7.89. The molecule has 0 saturated heterocycles. The molecule has 1 aromatic heterocycles. The van der Waals surface area contributed by atoms with E-state index in [9.17, 15) is 18.3 Å². The first-order chi connectivity index (χ1) is 11.4. The summed E-state index contributed by atoms with van der Waals surface area (Å²) in [5.41, 5.74) is 0.991. The van der Waals surface area contributed by atoms with E-state index in [2.05, 4.69) is 9.71 Å². The monoisotopic (exact) mass is 345 g/mol. The molecule has 1 atom stereocenters. The molecule has 0 aliphatic carbocycles. The number of nitrogens with zero attached hydrogens (tertiary/aromatic N) is 2. The van der Waals surface area contributed by atoms with Crippen molar-refractivity contribution in [3.05, 3.63) is 59.9 Å². The maximum atomic E-state index is 12.3. The Hall–Kier alpha value is -2.76. The SMILES string of the molecule is N#Cc1cncc(S(=O)(=O)N[C@@H](CCc2ccccc2)C(=O)O)c1. The average Bonchev–Trinajstić information content (AvgIpc) is 2.59. The molecule has 0 spiro atoms. The van der Waals surface area contributed by atoms with Crippen LogP contribution in [0.3, 0.4) is 0 Å². The van der Waals surface area contributed by atoms with Crippen molar-refractivity contribution >= 4 is 16.0 Å². The zero-order valence-corrected chi connectivity index (χ0v) is 13.4. The molecule has 1 aromatic carbocycles. The second kappa shape index (κ2) is 7.68. The summed E-state index contributed by atoms with van der Waals surface area (Å²) in [7, 11) is -4.09. The van der Waals surface area contributed by atoms with E-state index in [0.717, 1.165) is 17.8 Å². The summed E-state index contributed by atoms with van der Waals surface area (Å²) in [5.74, 6) is -1.26. The molecule has 0 fully saturated rings. The molecule has 24 heavy (non-hydrogen) atoms. The Kier molecular flexibility index (Phi) is 5.63. The largest absolute Gasteiger partial charge is 0.480 e. The maximum absolute atomic E-state index is 12.3. The maximum Gasteiger partial charge on any atom is 0.321 e. The number of carboxylic acid groups (broad SMARTS) is 1. The minimum Gasteiger partial charge on any atom is -0.480 e. The number of hydrogen-bond donors (Lipinski definition) is 2. The quantitative estimate of drug-likeness (QED) is 0.781. The van der Waals surface area contributed by atoms with Crippen LogP contribution >= 0.6 is 0 Å². The number of nitrogens with one attached hydrogen (secondary N) is 1. The highest BCUT2D eigenvalue weighted by atomic mass is 32.2. The third-order valence-electron chi connectivity index (χ3n) is 3.31. The van der Waals surface area contributed by atoms with Gasteiger partial charge in [-0.2, -0.15) is 9.98 Å². The number of sulfonamides is 1. The van der Waals surface area contributed by atoms with Crippen LogP contribution in [0, 0.1) is 11.3 Å². The highest BCUT2D eigenvalue weighted by Gasteiger charge is 2.25. The Bertz CT molecular complexity index is 860. The van der Waals surface area contributed by atoms with Crippen LogP contribution in [0.1, 0.15) is 17.5 Å². The van der Waals surface area contributed by atoms with Gasteiger partial charge in [0.25, 0.3) is 0 Å². The first-order valence-corrected chi connectivity index (χ1v) is 8.55. The van der Waals surface area contributed by atoms with Gasteiger partial charge in [0.2, 0.25) is 10.0 Å². The van der Waals surface area contributed by atoms with Gasteiger partial charge in [-0.15, -0.1) is 0 Å². The number of hydrogen-bond acceptors (Lipinski definition) is 5. The first kappa shape index (κ1) is 17.6. The van der Waals surface area contributed by atoms with E-state index in [-0.39, 0.29) is 16.9 Å². The van der Waals surface area contributed by atoms with E-state index >= 15 is 0 Å². The minimum absolute atomic E-state index is 0.0778. The molecule has 0 radical (unpaired) electrons. The molecule has 0 amide bonds. The summed E-state index contributed by atoms with van der Waals surface area (Å²) >= 11 is 0. The summed E-state index contributed by atoms with van der Waals surface area (Å²) in [4.78, 5) is 14.8. The Morgan fingerprint density at radius 3 is 2.62 bits per heavy atom. The molecule has 2 aromatic rings. The number of nitriles is 1. The Morgan fingerprint density at radius 2 is 2.00 bits per heavy atom. The predicted molar refractivity (Wildman–Crippen MR) is 85.5 cm³/mol. The van der Waals surface area contributed by atoms with Crippen LogP contribution in [0.4, 0.5) is 0 Å². The number of aliphatic carboxylic acids is 1. The van der Waals surface area contributed by atoms with Crippen molar-refractivity contribution < 1.29 is 18.3 Å². The van der Waals surface area contributed by atoms with Crippen molar-refractivity contribution in [1.82, 2.24) is 9.71 Å². The van der Waals surface area contributed by atoms with Crippen LogP contribution in [-0.4, -0.2) is 30.5 Å². The van der Waals surface area contributed by atoms with Crippen molar-refractivity contribution in [2.75, 3.05) is 0 Å². The van der Waals surface area contributed by atoms with E-state index in [1.54, 1.807) is 6.07 Å². The third kappa shape index (κ3) is 4.62. The fourth-order valence-corrected chi connectivity index (χ4v) is 3.28. The molecule has 2 rings (SSSR count). The van der Waals surface area contributed by atoms with Gasteiger partial charge in [-0.1, -0.05) is 30.3 Å². The van der Waals surface area contributed by atoms with Gasteiger partial charge in [0, 0.05) is 12.4 Å². The molecule has 2 N–H and O–H groups in total. The van der Waals surface area contributed by atoms with E-state index in [1.165, 1.54) is 6.20 Å². The molecule has 0 saturated carbocycles. The lowest BCUT2D eigenvalue weighted by atomic mass is 10.1. The van der Waals surface area contributed by atoms with Crippen LogP contribution in [0.5, 0.6) is 0 Å². The first-order valence-electron chi connectivity index (χ1n) is 7.06. The number of rotatable bonds is 7. The van der Waals surface area contributed by atoms with Gasteiger partial charge in [0.1, 0.15) is 17.0 Å². The second-order valence-electron chi connectivity index (χ2n) is 5.06. The predicted octanol–water partition coefficient (Wildman–Crippen LogP) is 1.32. The van der Waals surface area contributed by atoms with E-state index in [0.29, 0.717) is 6.42 Å². The second-order valence-corrected chi connectivity index (χ2v) is 6.77. The third-order valence-corrected chi connectivity index (χ3v) is 4.75. The van der Waals surface area contributed by atoms with Crippen LogP contribution in [0.25, 0.3) is 0 Å². The summed E-state index contributed by atoms with van der Waals surface area (Å²) in [6.07, 6.45) is 2.81. The summed E-state index contributed by atoms with van der Waals surface area (Å²) in [6.45, 7) is 0. The molecular weight excluding hydrogens is 330 g/mol. The van der Waals surface area contributed by atoms with E-state index in [1.807, 2.05) is 30.3 Å². The molecule has 7 nitrogen and oxygen atoms in total. The molecule has 124 valence electrons. The van der Waals surface area contributed by atoms with Crippen LogP contribution in [-0.2, 0) is 21.2 Å². The van der Waals surface area contributed by atoms with Gasteiger partial charge in [-0.25, -0.2) is 8.42 Å². The number of pyridine rings is 1. The molecule has 0 aliphatic heterocycles. The summed E-state index contributed by atoms with van der Waals surface area (Å²) in [5, 5.41) is 18.1. The minimum atomic E-state index is -4.09. The smallest absolute Gasteiger partial charge is 0.321 e. The number of aryl methyl sites for hydroxylation is 1. The molecule has 8 heteroatoms. The van der Waals surface area contributed by atoms with Crippen molar-refractivity contribution in [3.63, 3.8) is 0 Å². The van der Waals surface area contributed by atoms with Crippen molar-refractivity contribution in [2.45, 2.75) is 23.8 Å². The number of aromatic nitrogens is 1. The van der Waals surface area contributed by atoms with E-state index < -0.39 is 22.0 Å². The lowest BCUT2D eigenvalue weighted by Gasteiger charge is -2.14. The fraction of sp³-hybridized carbons (Fsp3) is 0.188. The van der Waals surface area contributed by atoms with E-state index in [4.69, 9.17) is 5.26 Å². The van der Waals surface area contributed by atoms with Crippen LogP contribution < -0.4 is 4.72 Å². The molecule has 0 unspecified atom stereocenters. The lowest BCUT2D eigenvalue weighted by Crippen LogP contribution is -2.41. The standard InChI is InChI=1S/C16H15N3O4S/c17-9-13-8-14(11-18-10-13)24(22,23)19-15(16(20)21)7-6-12-4-2-1-3-5-12/h1-5,8,10-11,15,19H,6-7H2,(H,20,21)/t15-/m0/s1.